The molecule has 0 aromatic heterocycles. The summed E-state index contributed by atoms with van der Waals surface area (Å²) < 4.78 is 5.99. The molecule has 3 aromatic rings. The molecule has 166 valence electrons. The minimum absolute atomic E-state index is 0.00272. The van der Waals surface area contributed by atoms with Gasteiger partial charge in [-0.3, -0.25) is 9.69 Å². The van der Waals surface area contributed by atoms with Crippen LogP contribution in [0.25, 0.3) is 0 Å². The number of anilines is 1. The van der Waals surface area contributed by atoms with Crippen molar-refractivity contribution in [2.75, 3.05) is 36.9 Å². The molecule has 1 N–H and O–H groups in total. The molecule has 3 aromatic carbocycles. The summed E-state index contributed by atoms with van der Waals surface area (Å²) in [5, 5.41) is 9.28. The Kier molecular flexibility index (Phi) is 7.69. The lowest BCUT2D eigenvalue weighted by Gasteiger charge is -2.30. The summed E-state index contributed by atoms with van der Waals surface area (Å²) in [7, 11) is 0. The van der Waals surface area contributed by atoms with Gasteiger partial charge >= 0.3 is 5.97 Å². The van der Waals surface area contributed by atoms with E-state index in [0.29, 0.717) is 19.7 Å². The van der Waals surface area contributed by atoms with Crippen molar-refractivity contribution in [2.24, 2.45) is 0 Å². The first-order chi connectivity index (χ1) is 15.7. The Morgan fingerprint density at radius 2 is 1.62 bits per heavy atom. The second-order valence-corrected chi connectivity index (χ2v) is 8.96. The fourth-order valence-electron chi connectivity index (χ4n) is 3.88. The number of carbonyl (C=O) groups is 1. The second kappa shape index (κ2) is 11.1. The van der Waals surface area contributed by atoms with Crippen LogP contribution >= 0.6 is 11.8 Å². The van der Waals surface area contributed by atoms with E-state index in [9.17, 15) is 9.90 Å². The number of fused-ring (bicyclic) bond motifs is 1. The van der Waals surface area contributed by atoms with Gasteiger partial charge in [0.2, 0.25) is 0 Å². The van der Waals surface area contributed by atoms with Crippen LogP contribution < -0.4 is 9.64 Å². The van der Waals surface area contributed by atoms with Crippen molar-refractivity contribution in [1.82, 2.24) is 4.90 Å². The number of ether oxygens (including phenoxy) is 1. The Labute approximate surface area is 193 Å². The maximum absolute atomic E-state index is 11.3. The average Bonchev–Trinajstić information content (AvgIpc) is 2.81. The summed E-state index contributed by atoms with van der Waals surface area (Å²) >= 11 is 1.91. The number of aliphatic carboxylic acids is 1. The first-order valence-electron chi connectivity index (χ1n) is 10.8. The van der Waals surface area contributed by atoms with Crippen LogP contribution in [-0.4, -0.2) is 48.0 Å². The molecule has 6 heteroatoms. The van der Waals surface area contributed by atoms with Crippen LogP contribution in [0.5, 0.6) is 5.75 Å². The quantitative estimate of drug-likeness (QED) is 0.482. The monoisotopic (exact) mass is 448 g/mol. The molecular formula is C26H28N2O3S. The molecule has 0 saturated carbocycles. The normalized spacial score (nSPS) is 13.1. The highest BCUT2D eigenvalue weighted by atomic mass is 32.2. The molecular weight excluding hydrogens is 420 g/mol. The van der Waals surface area contributed by atoms with Crippen LogP contribution in [0, 0.1) is 0 Å². The molecule has 1 aliphatic rings. The highest BCUT2D eigenvalue weighted by molar-refractivity contribution is 7.99. The number of hydrogen-bond acceptors (Lipinski definition) is 5. The van der Waals surface area contributed by atoms with E-state index in [0.717, 1.165) is 35.7 Å². The van der Waals surface area contributed by atoms with Gasteiger partial charge in [-0.15, -0.1) is 11.8 Å². The van der Waals surface area contributed by atoms with Gasteiger partial charge in [-0.2, -0.15) is 0 Å². The van der Waals surface area contributed by atoms with E-state index in [2.05, 4.69) is 29.2 Å². The molecule has 0 spiro atoms. The third kappa shape index (κ3) is 6.28. The van der Waals surface area contributed by atoms with E-state index in [4.69, 9.17) is 4.74 Å². The van der Waals surface area contributed by atoms with Crippen LogP contribution in [0.15, 0.2) is 83.8 Å². The molecule has 1 aliphatic heterocycles. The van der Waals surface area contributed by atoms with Gasteiger partial charge in [-0.1, -0.05) is 54.6 Å². The number of carboxylic acids is 1. The highest BCUT2D eigenvalue weighted by Gasteiger charge is 2.16. The van der Waals surface area contributed by atoms with Crippen molar-refractivity contribution in [2.45, 2.75) is 18.0 Å². The zero-order chi connectivity index (χ0) is 22.2. The smallest absolute Gasteiger partial charge is 0.317 e. The molecule has 4 rings (SSSR count). The fourth-order valence-corrected chi connectivity index (χ4v) is 4.93. The largest absolute Gasteiger partial charge is 0.492 e. The molecule has 32 heavy (non-hydrogen) atoms. The molecule has 0 aliphatic carbocycles. The average molecular weight is 449 g/mol. The molecule has 0 bridgehead atoms. The lowest BCUT2D eigenvalue weighted by Crippen LogP contribution is -2.33. The Hall–Kier alpha value is -2.96. The molecule has 0 fully saturated rings. The Balaban J connectivity index is 1.30. The van der Waals surface area contributed by atoms with Gasteiger partial charge in [0.25, 0.3) is 0 Å². The summed E-state index contributed by atoms with van der Waals surface area (Å²) in [4.78, 5) is 17.0. The van der Waals surface area contributed by atoms with E-state index in [1.807, 2.05) is 71.3 Å². The van der Waals surface area contributed by atoms with Gasteiger partial charge < -0.3 is 14.7 Å². The van der Waals surface area contributed by atoms with Crippen LogP contribution in [0.3, 0.4) is 0 Å². The molecule has 0 amide bonds. The maximum Gasteiger partial charge on any atom is 0.317 e. The van der Waals surface area contributed by atoms with Crippen molar-refractivity contribution < 1.29 is 14.6 Å². The standard InChI is InChI=1S/C26H28N2O3S/c29-26(30)20-27(18-21-6-2-1-3-7-21)19-22-10-12-23(13-11-22)31-16-14-28-15-17-32-25-9-5-4-8-24(25)28/h1-13H,14-20H2,(H,29,30). The molecule has 5 nitrogen and oxygen atoms in total. The zero-order valence-electron chi connectivity index (χ0n) is 18.0. The van der Waals surface area contributed by atoms with E-state index >= 15 is 0 Å². The number of rotatable bonds is 10. The van der Waals surface area contributed by atoms with Crippen molar-refractivity contribution >= 4 is 23.4 Å². The second-order valence-electron chi connectivity index (χ2n) is 7.82. The van der Waals surface area contributed by atoms with Gasteiger partial charge in [0, 0.05) is 30.3 Å². The molecule has 0 atom stereocenters. The SMILES string of the molecule is O=C(O)CN(Cc1ccccc1)Cc1ccc(OCCN2CCSc3ccccc32)cc1. The van der Waals surface area contributed by atoms with Crippen molar-refractivity contribution in [3.8, 4) is 5.75 Å². The number of nitrogens with zero attached hydrogens (tertiary/aromatic N) is 2. The minimum Gasteiger partial charge on any atom is -0.492 e. The number of thioether (sulfide) groups is 1. The minimum atomic E-state index is -0.821. The van der Waals surface area contributed by atoms with Gasteiger partial charge in [-0.05, 0) is 35.4 Å². The topological polar surface area (TPSA) is 53.0 Å². The molecule has 0 saturated heterocycles. The number of benzene rings is 3. The van der Waals surface area contributed by atoms with Crippen molar-refractivity contribution in [3.05, 3.63) is 90.0 Å². The predicted octanol–water partition coefficient (Wildman–Crippen LogP) is 4.76. The van der Waals surface area contributed by atoms with Crippen LogP contribution in [-0.2, 0) is 17.9 Å². The first kappa shape index (κ1) is 22.2. The fraction of sp³-hybridized carbons (Fsp3) is 0.269. The third-order valence-corrected chi connectivity index (χ3v) is 6.43. The van der Waals surface area contributed by atoms with Crippen LogP contribution in [0.1, 0.15) is 11.1 Å². The van der Waals surface area contributed by atoms with Crippen molar-refractivity contribution in [1.29, 1.82) is 0 Å². The number of para-hydroxylation sites is 1. The van der Waals surface area contributed by atoms with E-state index < -0.39 is 5.97 Å². The number of carboxylic acid groups (broad SMARTS) is 1. The van der Waals surface area contributed by atoms with Gasteiger partial charge in [0.05, 0.1) is 18.8 Å². The lowest BCUT2D eigenvalue weighted by molar-refractivity contribution is -0.138. The van der Waals surface area contributed by atoms with Gasteiger partial charge in [-0.25, -0.2) is 0 Å². The van der Waals surface area contributed by atoms with E-state index in [-0.39, 0.29) is 6.54 Å². The van der Waals surface area contributed by atoms with Gasteiger partial charge in [0.1, 0.15) is 12.4 Å². The molecule has 0 unspecified atom stereocenters. The van der Waals surface area contributed by atoms with E-state index in [1.54, 1.807) is 0 Å². The van der Waals surface area contributed by atoms with Gasteiger partial charge in [0.15, 0.2) is 0 Å². The first-order valence-corrected chi connectivity index (χ1v) is 11.8. The Bertz CT molecular complexity index is 1010. The molecule has 0 radical (unpaired) electrons. The van der Waals surface area contributed by atoms with E-state index in [1.165, 1.54) is 10.6 Å². The third-order valence-electron chi connectivity index (χ3n) is 5.39. The summed E-state index contributed by atoms with van der Waals surface area (Å²) in [5.74, 6) is 1.11. The predicted molar refractivity (Wildman–Crippen MR) is 130 cm³/mol. The van der Waals surface area contributed by atoms with Crippen LogP contribution in [0.4, 0.5) is 5.69 Å². The Morgan fingerprint density at radius 1 is 0.938 bits per heavy atom. The maximum atomic E-state index is 11.3. The Morgan fingerprint density at radius 3 is 2.38 bits per heavy atom. The summed E-state index contributed by atoms with van der Waals surface area (Å²) in [5.41, 5.74) is 3.46. The summed E-state index contributed by atoms with van der Waals surface area (Å²) in [6.45, 7) is 3.68. The van der Waals surface area contributed by atoms with Crippen molar-refractivity contribution in [3.63, 3.8) is 0 Å². The van der Waals surface area contributed by atoms with Crippen LogP contribution in [0.2, 0.25) is 0 Å². The summed E-state index contributed by atoms with van der Waals surface area (Å²) in [6.07, 6.45) is 0. The summed E-state index contributed by atoms with van der Waals surface area (Å²) in [6, 6.07) is 26.4. The highest BCUT2D eigenvalue weighted by Crippen LogP contribution is 2.34. The molecule has 1 heterocycles. The lowest BCUT2D eigenvalue weighted by atomic mass is 10.1. The zero-order valence-corrected chi connectivity index (χ0v) is 18.8. The number of hydrogen-bond donors (Lipinski definition) is 1.